The Morgan fingerprint density at radius 1 is 1.29 bits per heavy atom. The van der Waals surface area contributed by atoms with Crippen LogP contribution in [0.25, 0.3) is 0 Å². The van der Waals surface area contributed by atoms with Gasteiger partial charge in [0, 0.05) is 26.2 Å². The van der Waals surface area contributed by atoms with Crippen LogP contribution in [0, 0.1) is 0 Å². The summed E-state index contributed by atoms with van der Waals surface area (Å²) in [6.45, 7) is 3.00. The maximum atomic E-state index is 12.6. The van der Waals surface area contributed by atoms with Crippen molar-refractivity contribution in [3.8, 4) is 0 Å². The minimum absolute atomic E-state index is 0.0501. The Labute approximate surface area is 124 Å². The summed E-state index contributed by atoms with van der Waals surface area (Å²) < 4.78 is 5.30. The summed E-state index contributed by atoms with van der Waals surface area (Å²) in [6.07, 6.45) is 1.61. The van der Waals surface area contributed by atoms with Gasteiger partial charge >= 0.3 is 0 Å². The molecule has 5 nitrogen and oxygen atoms in total. The third-order valence-corrected chi connectivity index (χ3v) is 3.35. The van der Waals surface area contributed by atoms with Gasteiger partial charge in [-0.1, -0.05) is 0 Å². The Kier molecular flexibility index (Phi) is 4.52. The quantitative estimate of drug-likeness (QED) is 0.859. The number of nitrogens with two attached hydrogens (primary N) is 1. The van der Waals surface area contributed by atoms with Gasteiger partial charge in [-0.3, -0.25) is 4.79 Å². The molecule has 21 heavy (non-hydrogen) atoms. The fourth-order valence-corrected chi connectivity index (χ4v) is 2.20. The minimum Gasteiger partial charge on any atom is -0.467 e. The molecule has 0 spiro atoms. The molecule has 0 aliphatic carbocycles. The fourth-order valence-electron chi connectivity index (χ4n) is 2.20. The highest BCUT2D eigenvalue weighted by atomic mass is 16.3. The third-order valence-electron chi connectivity index (χ3n) is 3.35. The molecule has 0 atom stereocenters. The number of nitrogen functional groups attached to an aromatic ring is 1. The maximum absolute atomic E-state index is 12.6. The SMILES string of the molecule is CCN(Cc1ccco1)C(=O)c1ccc(N(C)C)c(N)c1. The summed E-state index contributed by atoms with van der Waals surface area (Å²) in [6, 6.07) is 9.07. The highest BCUT2D eigenvalue weighted by Crippen LogP contribution is 2.23. The highest BCUT2D eigenvalue weighted by Gasteiger charge is 2.17. The number of nitrogens with zero attached hydrogens (tertiary/aromatic N) is 2. The van der Waals surface area contributed by atoms with Gasteiger partial charge in [0.25, 0.3) is 5.91 Å². The van der Waals surface area contributed by atoms with Gasteiger partial charge in [0.05, 0.1) is 24.2 Å². The van der Waals surface area contributed by atoms with Crippen LogP contribution in [0.4, 0.5) is 11.4 Å². The van der Waals surface area contributed by atoms with Crippen LogP contribution in [0.3, 0.4) is 0 Å². The monoisotopic (exact) mass is 287 g/mol. The molecule has 0 saturated heterocycles. The van der Waals surface area contributed by atoms with E-state index in [2.05, 4.69) is 0 Å². The van der Waals surface area contributed by atoms with Crippen LogP contribution < -0.4 is 10.6 Å². The van der Waals surface area contributed by atoms with E-state index in [0.717, 1.165) is 11.4 Å². The molecule has 0 bridgehead atoms. The molecule has 0 aliphatic heterocycles. The number of hydrogen-bond donors (Lipinski definition) is 1. The molecule has 5 heteroatoms. The normalized spacial score (nSPS) is 10.4. The van der Waals surface area contributed by atoms with E-state index in [0.29, 0.717) is 24.3 Å². The van der Waals surface area contributed by atoms with Crippen LogP contribution in [0.2, 0.25) is 0 Å². The molecule has 2 aromatic rings. The van der Waals surface area contributed by atoms with E-state index < -0.39 is 0 Å². The van der Waals surface area contributed by atoms with Crippen molar-refractivity contribution >= 4 is 17.3 Å². The Bertz CT molecular complexity index is 606. The predicted molar refractivity (Wildman–Crippen MR) is 84.3 cm³/mol. The molecule has 1 heterocycles. The van der Waals surface area contributed by atoms with Crippen molar-refractivity contribution in [2.45, 2.75) is 13.5 Å². The summed E-state index contributed by atoms with van der Waals surface area (Å²) in [5.74, 6) is 0.717. The molecule has 1 aromatic carbocycles. The lowest BCUT2D eigenvalue weighted by Gasteiger charge is -2.21. The van der Waals surface area contributed by atoms with E-state index in [1.54, 1.807) is 23.3 Å². The number of benzene rings is 1. The van der Waals surface area contributed by atoms with Crippen molar-refractivity contribution in [3.05, 3.63) is 47.9 Å². The van der Waals surface area contributed by atoms with Crippen molar-refractivity contribution in [1.29, 1.82) is 0 Å². The summed E-state index contributed by atoms with van der Waals surface area (Å²) in [7, 11) is 3.84. The van der Waals surface area contributed by atoms with E-state index in [9.17, 15) is 4.79 Å². The third kappa shape index (κ3) is 3.37. The van der Waals surface area contributed by atoms with Crippen LogP contribution in [0.15, 0.2) is 41.0 Å². The van der Waals surface area contributed by atoms with Crippen molar-refractivity contribution in [2.75, 3.05) is 31.3 Å². The molecule has 2 rings (SSSR count). The van der Waals surface area contributed by atoms with Gasteiger partial charge in [-0.05, 0) is 37.3 Å². The molecule has 1 amide bonds. The van der Waals surface area contributed by atoms with Crippen molar-refractivity contribution in [1.82, 2.24) is 4.90 Å². The zero-order valence-corrected chi connectivity index (χ0v) is 12.7. The number of rotatable bonds is 5. The Morgan fingerprint density at radius 3 is 2.57 bits per heavy atom. The first-order valence-corrected chi connectivity index (χ1v) is 6.91. The number of carbonyl (C=O) groups is 1. The molecule has 0 radical (unpaired) electrons. The molecular weight excluding hydrogens is 266 g/mol. The van der Waals surface area contributed by atoms with Gasteiger partial charge in [0.15, 0.2) is 0 Å². The van der Waals surface area contributed by atoms with Crippen molar-refractivity contribution in [3.63, 3.8) is 0 Å². The molecular formula is C16H21N3O2. The smallest absolute Gasteiger partial charge is 0.254 e. The van der Waals surface area contributed by atoms with Crippen LogP contribution in [-0.2, 0) is 6.54 Å². The van der Waals surface area contributed by atoms with Gasteiger partial charge in [0.1, 0.15) is 5.76 Å². The van der Waals surface area contributed by atoms with Crippen LogP contribution in [0.5, 0.6) is 0 Å². The standard InChI is InChI=1S/C16H21N3O2/c1-4-19(11-13-6-5-9-21-13)16(20)12-7-8-15(18(2)3)14(17)10-12/h5-10H,4,11,17H2,1-3H3. The summed E-state index contributed by atoms with van der Waals surface area (Å²) in [5, 5.41) is 0. The Morgan fingerprint density at radius 2 is 2.05 bits per heavy atom. The van der Waals surface area contributed by atoms with Gasteiger partial charge in [-0.25, -0.2) is 0 Å². The molecule has 0 unspecified atom stereocenters. The van der Waals surface area contributed by atoms with Gasteiger partial charge in [-0.2, -0.15) is 0 Å². The van der Waals surface area contributed by atoms with E-state index in [1.165, 1.54) is 0 Å². The topological polar surface area (TPSA) is 62.7 Å². The average Bonchev–Trinajstić information content (AvgIpc) is 2.96. The molecule has 1 aromatic heterocycles. The van der Waals surface area contributed by atoms with E-state index in [-0.39, 0.29) is 5.91 Å². The van der Waals surface area contributed by atoms with E-state index in [4.69, 9.17) is 10.2 Å². The summed E-state index contributed by atoms with van der Waals surface area (Å²) in [4.78, 5) is 16.2. The molecule has 0 fully saturated rings. The lowest BCUT2D eigenvalue weighted by Crippen LogP contribution is -2.30. The van der Waals surface area contributed by atoms with E-state index >= 15 is 0 Å². The van der Waals surface area contributed by atoms with Gasteiger partial charge in [0.2, 0.25) is 0 Å². The summed E-state index contributed by atoms with van der Waals surface area (Å²) >= 11 is 0. The first kappa shape index (κ1) is 15.0. The Hall–Kier alpha value is -2.43. The molecule has 0 saturated carbocycles. The number of hydrogen-bond acceptors (Lipinski definition) is 4. The number of amides is 1. The second kappa shape index (κ2) is 6.35. The molecule has 112 valence electrons. The van der Waals surface area contributed by atoms with Crippen LogP contribution >= 0.6 is 0 Å². The minimum atomic E-state index is -0.0501. The second-order valence-electron chi connectivity index (χ2n) is 5.07. The molecule has 0 aliphatic rings. The second-order valence-corrected chi connectivity index (χ2v) is 5.07. The first-order valence-electron chi connectivity index (χ1n) is 6.91. The number of carbonyl (C=O) groups excluding carboxylic acids is 1. The van der Waals surface area contributed by atoms with Crippen LogP contribution in [0.1, 0.15) is 23.0 Å². The lowest BCUT2D eigenvalue weighted by atomic mass is 10.1. The van der Waals surface area contributed by atoms with Gasteiger partial charge in [-0.15, -0.1) is 0 Å². The predicted octanol–water partition coefficient (Wildman–Crippen LogP) is 2.59. The highest BCUT2D eigenvalue weighted by molar-refractivity contribution is 5.96. The van der Waals surface area contributed by atoms with Crippen LogP contribution in [-0.4, -0.2) is 31.4 Å². The summed E-state index contributed by atoms with van der Waals surface area (Å²) in [5.41, 5.74) is 8.10. The zero-order valence-electron chi connectivity index (χ0n) is 12.7. The Balaban J connectivity index is 2.19. The largest absolute Gasteiger partial charge is 0.467 e. The lowest BCUT2D eigenvalue weighted by molar-refractivity contribution is 0.0741. The van der Waals surface area contributed by atoms with Crippen molar-refractivity contribution < 1.29 is 9.21 Å². The number of anilines is 2. The zero-order chi connectivity index (χ0) is 15.4. The molecule has 2 N–H and O–H groups in total. The van der Waals surface area contributed by atoms with Gasteiger partial charge < -0.3 is 20.0 Å². The maximum Gasteiger partial charge on any atom is 0.254 e. The first-order chi connectivity index (χ1) is 10.0. The fraction of sp³-hybridized carbons (Fsp3) is 0.312. The van der Waals surface area contributed by atoms with E-state index in [1.807, 2.05) is 44.1 Å². The number of furan rings is 1. The van der Waals surface area contributed by atoms with Crippen molar-refractivity contribution in [2.24, 2.45) is 0 Å². The average molecular weight is 287 g/mol.